The Labute approximate surface area is 126 Å². The highest BCUT2D eigenvalue weighted by Crippen LogP contribution is 2.37. The topological polar surface area (TPSA) is 37.3 Å². The summed E-state index contributed by atoms with van der Waals surface area (Å²) < 4.78 is 0. The van der Waals surface area contributed by atoms with E-state index in [0.29, 0.717) is 30.1 Å². The van der Waals surface area contributed by atoms with E-state index < -0.39 is 0 Å². The molecule has 1 aromatic rings. The van der Waals surface area contributed by atoms with Gasteiger partial charge in [0.2, 0.25) is 0 Å². The zero-order valence-electron chi connectivity index (χ0n) is 12.8. The standard InChI is InChI=1S/C19H24O2/c1-2-18(20)17-10-9-16(12-19(17)21)15-8-7-13-5-3-4-6-14(13)11-15/h7-8,11,16,21H,2-6,9-10,12H2,1H3. The number of Topliss-reactive ketones (excluding diaryl/α,β-unsaturated/α-hetero) is 1. The number of hydrogen-bond donors (Lipinski definition) is 1. The molecule has 0 aromatic heterocycles. The van der Waals surface area contributed by atoms with Crippen molar-refractivity contribution in [1.82, 2.24) is 0 Å². The molecule has 1 atom stereocenters. The summed E-state index contributed by atoms with van der Waals surface area (Å²) in [5.41, 5.74) is 5.01. The lowest BCUT2D eigenvalue weighted by atomic mass is 9.80. The maximum atomic E-state index is 11.8. The molecule has 0 fully saturated rings. The first-order valence-corrected chi connectivity index (χ1v) is 8.25. The third kappa shape index (κ3) is 2.90. The summed E-state index contributed by atoms with van der Waals surface area (Å²) in [5.74, 6) is 0.804. The molecule has 1 aromatic carbocycles. The van der Waals surface area contributed by atoms with Gasteiger partial charge in [-0.2, -0.15) is 0 Å². The monoisotopic (exact) mass is 284 g/mol. The van der Waals surface area contributed by atoms with Gasteiger partial charge in [0.25, 0.3) is 0 Å². The van der Waals surface area contributed by atoms with Gasteiger partial charge in [-0.15, -0.1) is 0 Å². The van der Waals surface area contributed by atoms with Crippen molar-refractivity contribution >= 4 is 5.78 Å². The van der Waals surface area contributed by atoms with E-state index in [0.717, 1.165) is 12.8 Å². The van der Waals surface area contributed by atoms with E-state index in [1.807, 2.05) is 6.92 Å². The van der Waals surface area contributed by atoms with E-state index in [1.54, 1.807) is 0 Å². The van der Waals surface area contributed by atoms with Crippen molar-refractivity contribution in [3.63, 3.8) is 0 Å². The average Bonchev–Trinajstić information content (AvgIpc) is 2.53. The van der Waals surface area contributed by atoms with Gasteiger partial charge in [-0.3, -0.25) is 4.79 Å². The van der Waals surface area contributed by atoms with Crippen molar-refractivity contribution in [1.29, 1.82) is 0 Å². The highest BCUT2D eigenvalue weighted by molar-refractivity contribution is 5.95. The smallest absolute Gasteiger partial charge is 0.161 e. The maximum absolute atomic E-state index is 11.8. The van der Waals surface area contributed by atoms with Gasteiger partial charge in [0.05, 0.1) is 5.76 Å². The zero-order chi connectivity index (χ0) is 14.8. The third-order valence-corrected chi connectivity index (χ3v) is 5.03. The maximum Gasteiger partial charge on any atom is 0.161 e. The number of fused-ring (bicyclic) bond motifs is 1. The number of allylic oxidation sites excluding steroid dienone is 2. The van der Waals surface area contributed by atoms with Crippen molar-refractivity contribution in [2.75, 3.05) is 0 Å². The quantitative estimate of drug-likeness (QED) is 0.879. The third-order valence-electron chi connectivity index (χ3n) is 5.03. The zero-order valence-corrected chi connectivity index (χ0v) is 12.8. The molecule has 1 unspecified atom stereocenters. The molecule has 3 rings (SSSR count). The van der Waals surface area contributed by atoms with E-state index in [9.17, 15) is 9.90 Å². The summed E-state index contributed by atoms with van der Waals surface area (Å²) in [6.45, 7) is 1.86. The first-order valence-electron chi connectivity index (χ1n) is 8.25. The molecular formula is C19H24O2. The average molecular weight is 284 g/mol. The largest absolute Gasteiger partial charge is 0.512 e. The molecule has 2 aliphatic rings. The van der Waals surface area contributed by atoms with Crippen LogP contribution in [0.4, 0.5) is 0 Å². The normalized spacial score (nSPS) is 22.0. The first kappa shape index (κ1) is 14.4. The van der Waals surface area contributed by atoms with Gasteiger partial charge in [-0.1, -0.05) is 25.1 Å². The van der Waals surface area contributed by atoms with Crippen LogP contribution in [-0.2, 0) is 17.6 Å². The van der Waals surface area contributed by atoms with Crippen LogP contribution in [0.1, 0.15) is 68.1 Å². The number of aliphatic hydroxyl groups excluding tert-OH is 1. The molecule has 0 radical (unpaired) electrons. The van der Waals surface area contributed by atoms with Gasteiger partial charge in [-0.05, 0) is 61.1 Å². The fourth-order valence-corrected chi connectivity index (χ4v) is 3.73. The Kier molecular flexibility index (Phi) is 4.14. The molecule has 0 bridgehead atoms. The van der Waals surface area contributed by atoms with Crippen LogP contribution in [0.25, 0.3) is 0 Å². The summed E-state index contributed by atoms with van der Waals surface area (Å²) in [4.78, 5) is 11.8. The Balaban J connectivity index is 1.80. The van der Waals surface area contributed by atoms with Crippen LogP contribution in [-0.4, -0.2) is 10.9 Å². The highest BCUT2D eigenvalue weighted by Gasteiger charge is 2.25. The van der Waals surface area contributed by atoms with Crippen LogP contribution >= 0.6 is 0 Å². The van der Waals surface area contributed by atoms with Crippen LogP contribution in [0.3, 0.4) is 0 Å². The van der Waals surface area contributed by atoms with Gasteiger partial charge in [-0.25, -0.2) is 0 Å². The molecule has 2 aliphatic carbocycles. The van der Waals surface area contributed by atoms with E-state index in [-0.39, 0.29) is 5.78 Å². The summed E-state index contributed by atoms with van der Waals surface area (Å²) in [5, 5.41) is 10.2. The molecule has 0 saturated heterocycles. The minimum atomic E-state index is 0.108. The molecule has 0 saturated carbocycles. The van der Waals surface area contributed by atoms with Crippen molar-refractivity contribution in [2.24, 2.45) is 0 Å². The van der Waals surface area contributed by atoms with Crippen molar-refractivity contribution in [3.05, 3.63) is 46.2 Å². The number of rotatable bonds is 3. The van der Waals surface area contributed by atoms with Crippen molar-refractivity contribution < 1.29 is 9.90 Å². The fraction of sp³-hybridized carbons (Fsp3) is 0.526. The lowest BCUT2D eigenvalue weighted by molar-refractivity contribution is -0.115. The summed E-state index contributed by atoms with van der Waals surface area (Å²) in [6.07, 6.45) is 7.81. The second-order valence-corrected chi connectivity index (χ2v) is 6.38. The fourth-order valence-electron chi connectivity index (χ4n) is 3.73. The second kappa shape index (κ2) is 6.05. The molecule has 2 heteroatoms. The number of ketones is 1. The minimum absolute atomic E-state index is 0.108. The predicted octanol–water partition coefficient (Wildman–Crippen LogP) is 4.62. The Bertz CT molecular complexity index is 583. The van der Waals surface area contributed by atoms with E-state index in [1.165, 1.54) is 42.4 Å². The van der Waals surface area contributed by atoms with Crippen LogP contribution < -0.4 is 0 Å². The number of hydrogen-bond acceptors (Lipinski definition) is 2. The van der Waals surface area contributed by atoms with Gasteiger partial charge in [0.15, 0.2) is 5.78 Å². The second-order valence-electron chi connectivity index (χ2n) is 6.38. The number of carbonyl (C=O) groups is 1. The molecule has 112 valence electrons. The first-order chi connectivity index (χ1) is 10.2. The van der Waals surface area contributed by atoms with Crippen LogP contribution in [0, 0.1) is 0 Å². The van der Waals surface area contributed by atoms with Gasteiger partial charge < -0.3 is 5.11 Å². The van der Waals surface area contributed by atoms with Crippen molar-refractivity contribution in [2.45, 2.75) is 64.2 Å². The molecule has 0 aliphatic heterocycles. The molecule has 2 nitrogen and oxygen atoms in total. The van der Waals surface area contributed by atoms with Gasteiger partial charge in [0, 0.05) is 18.4 Å². The minimum Gasteiger partial charge on any atom is -0.512 e. The highest BCUT2D eigenvalue weighted by atomic mass is 16.3. The SMILES string of the molecule is CCC(=O)C1=C(O)CC(c2ccc3c(c2)CCCC3)CC1. The van der Waals surface area contributed by atoms with Crippen molar-refractivity contribution in [3.8, 4) is 0 Å². The number of aliphatic hydroxyl groups is 1. The summed E-state index contributed by atoms with van der Waals surface area (Å²) >= 11 is 0. The van der Waals surface area contributed by atoms with Crippen LogP contribution in [0.2, 0.25) is 0 Å². The van der Waals surface area contributed by atoms with E-state index in [4.69, 9.17) is 0 Å². The van der Waals surface area contributed by atoms with Gasteiger partial charge >= 0.3 is 0 Å². The predicted molar refractivity (Wildman–Crippen MR) is 84.6 cm³/mol. The number of carbonyl (C=O) groups excluding carboxylic acids is 1. The lowest BCUT2D eigenvalue weighted by Gasteiger charge is -2.26. The molecule has 21 heavy (non-hydrogen) atoms. The van der Waals surface area contributed by atoms with Crippen LogP contribution in [0.15, 0.2) is 29.5 Å². The molecule has 0 heterocycles. The lowest BCUT2D eigenvalue weighted by Crippen LogP contribution is -2.15. The molecule has 0 amide bonds. The molecular weight excluding hydrogens is 260 g/mol. The Morgan fingerprint density at radius 2 is 1.95 bits per heavy atom. The number of aryl methyl sites for hydroxylation is 2. The molecule has 0 spiro atoms. The Morgan fingerprint density at radius 3 is 2.67 bits per heavy atom. The Morgan fingerprint density at radius 1 is 1.19 bits per heavy atom. The van der Waals surface area contributed by atoms with E-state index in [2.05, 4.69) is 18.2 Å². The molecule has 1 N–H and O–H groups in total. The summed E-state index contributed by atoms with van der Waals surface area (Å²) in [6, 6.07) is 6.85. The summed E-state index contributed by atoms with van der Waals surface area (Å²) in [7, 11) is 0. The van der Waals surface area contributed by atoms with E-state index >= 15 is 0 Å². The van der Waals surface area contributed by atoms with Crippen LogP contribution in [0.5, 0.6) is 0 Å². The van der Waals surface area contributed by atoms with Gasteiger partial charge in [0.1, 0.15) is 0 Å². The Hall–Kier alpha value is -1.57. The number of benzene rings is 1.